The zero-order valence-corrected chi connectivity index (χ0v) is 12.8. The van der Waals surface area contributed by atoms with Crippen molar-refractivity contribution in [2.24, 2.45) is 11.8 Å². The van der Waals surface area contributed by atoms with Crippen LogP contribution in [0, 0.1) is 11.8 Å². The molecule has 0 bridgehead atoms. The van der Waals surface area contributed by atoms with Gasteiger partial charge in [0.05, 0.1) is 14.6 Å². The molecule has 4 nitrogen and oxygen atoms in total. The molecule has 1 fully saturated rings. The molecule has 0 spiro atoms. The van der Waals surface area contributed by atoms with E-state index in [1.807, 2.05) is 6.07 Å². The van der Waals surface area contributed by atoms with Crippen LogP contribution in [0.3, 0.4) is 0 Å². The van der Waals surface area contributed by atoms with Gasteiger partial charge in [0.2, 0.25) is 0 Å². The summed E-state index contributed by atoms with van der Waals surface area (Å²) in [4.78, 5) is 23.7. The van der Waals surface area contributed by atoms with Crippen LogP contribution in [-0.2, 0) is 4.79 Å². The van der Waals surface area contributed by atoms with Gasteiger partial charge in [-0.3, -0.25) is 9.59 Å². The summed E-state index contributed by atoms with van der Waals surface area (Å²) < 4.78 is 0.915. The van der Waals surface area contributed by atoms with Crippen LogP contribution >= 0.6 is 27.3 Å². The largest absolute Gasteiger partial charge is 0.481 e. The SMILES string of the molecule is O=C(NCC1CCCCC1C(=O)O)c1ccc(Br)s1. The van der Waals surface area contributed by atoms with Gasteiger partial charge >= 0.3 is 5.97 Å². The number of halogens is 1. The maximum Gasteiger partial charge on any atom is 0.306 e. The van der Waals surface area contributed by atoms with Gasteiger partial charge in [0.1, 0.15) is 0 Å². The molecule has 1 heterocycles. The molecule has 104 valence electrons. The van der Waals surface area contributed by atoms with Crippen molar-refractivity contribution in [3.8, 4) is 0 Å². The second-order valence-electron chi connectivity index (χ2n) is 4.80. The molecular weight excluding hydrogens is 330 g/mol. The Morgan fingerprint density at radius 3 is 2.74 bits per heavy atom. The maximum absolute atomic E-state index is 11.9. The lowest BCUT2D eigenvalue weighted by Gasteiger charge is -2.28. The Hall–Kier alpha value is -0.880. The molecule has 1 aromatic rings. The lowest BCUT2D eigenvalue weighted by Crippen LogP contribution is -2.37. The highest BCUT2D eigenvalue weighted by atomic mass is 79.9. The van der Waals surface area contributed by atoms with E-state index in [1.54, 1.807) is 6.07 Å². The van der Waals surface area contributed by atoms with Gasteiger partial charge in [-0.1, -0.05) is 12.8 Å². The summed E-state index contributed by atoms with van der Waals surface area (Å²) in [6, 6.07) is 3.60. The maximum atomic E-state index is 11.9. The van der Waals surface area contributed by atoms with Crippen molar-refractivity contribution in [3.05, 3.63) is 20.8 Å². The smallest absolute Gasteiger partial charge is 0.306 e. The van der Waals surface area contributed by atoms with Crippen LogP contribution in [-0.4, -0.2) is 23.5 Å². The van der Waals surface area contributed by atoms with Crippen molar-refractivity contribution < 1.29 is 14.7 Å². The van der Waals surface area contributed by atoms with Crippen molar-refractivity contribution in [3.63, 3.8) is 0 Å². The number of nitrogens with one attached hydrogen (secondary N) is 1. The van der Waals surface area contributed by atoms with Gasteiger partial charge in [-0.2, -0.15) is 0 Å². The summed E-state index contributed by atoms with van der Waals surface area (Å²) >= 11 is 4.70. The minimum Gasteiger partial charge on any atom is -0.481 e. The highest BCUT2D eigenvalue weighted by Crippen LogP contribution is 2.30. The van der Waals surface area contributed by atoms with E-state index in [4.69, 9.17) is 0 Å². The number of carboxylic acid groups (broad SMARTS) is 1. The summed E-state index contributed by atoms with van der Waals surface area (Å²) in [5.74, 6) is -1.12. The Morgan fingerprint density at radius 2 is 2.11 bits per heavy atom. The summed E-state index contributed by atoms with van der Waals surface area (Å²) in [5.41, 5.74) is 0. The fourth-order valence-electron chi connectivity index (χ4n) is 2.52. The predicted molar refractivity (Wildman–Crippen MR) is 77.4 cm³/mol. The van der Waals surface area contributed by atoms with E-state index in [-0.39, 0.29) is 17.7 Å². The zero-order chi connectivity index (χ0) is 13.8. The number of amides is 1. The second kappa shape index (κ2) is 6.52. The number of carboxylic acids is 1. The molecule has 2 atom stereocenters. The molecule has 0 radical (unpaired) electrons. The van der Waals surface area contributed by atoms with Crippen LogP contribution in [0.25, 0.3) is 0 Å². The van der Waals surface area contributed by atoms with E-state index in [1.165, 1.54) is 11.3 Å². The molecular formula is C13H16BrNO3S. The van der Waals surface area contributed by atoms with E-state index >= 15 is 0 Å². The third kappa shape index (κ3) is 3.79. The molecule has 1 aliphatic rings. The highest BCUT2D eigenvalue weighted by molar-refractivity contribution is 9.11. The van der Waals surface area contributed by atoms with Gasteiger partial charge in [-0.25, -0.2) is 0 Å². The van der Waals surface area contributed by atoms with Crippen molar-refractivity contribution in [2.75, 3.05) is 6.54 Å². The molecule has 1 saturated carbocycles. The van der Waals surface area contributed by atoms with Crippen LogP contribution < -0.4 is 5.32 Å². The number of hydrogen-bond acceptors (Lipinski definition) is 3. The summed E-state index contributed by atoms with van der Waals surface area (Å²) in [6.45, 7) is 0.450. The van der Waals surface area contributed by atoms with Crippen molar-refractivity contribution in [2.45, 2.75) is 25.7 Å². The summed E-state index contributed by atoms with van der Waals surface area (Å²) in [6.07, 6.45) is 3.62. The fourth-order valence-corrected chi connectivity index (χ4v) is 3.83. The molecule has 19 heavy (non-hydrogen) atoms. The zero-order valence-electron chi connectivity index (χ0n) is 10.4. The molecule has 1 aromatic heterocycles. The molecule has 0 aliphatic heterocycles. The van der Waals surface area contributed by atoms with E-state index in [2.05, 4.69) is 21.2 Å². The molecule has 0 saturated heterocycles. The Bertz CT molecular complexity index is 474. The molecule has 2 unspecified atom stereocenters. The number of thiophene rings is 1. The first-order valence-electron chi connectivity index (χ1n) is 6.34. The lowest BCUT2D eigenvalue weighted by atomic mass is 9.79. The molecule has 2 rings (SSSR count). The van der Waals surface area contributed by atoms with Crippen LogP contribution in [0.5, 0.6) is 0 Å². The lowest BCUT2D eigenvalue weighted by molar-refractivity contribution is -0.144. The van der Waals surface area contributed by atoms with Gasteiger partial charge < -0.3 is 10.4 Å². The summed E-state index contributed by atoms with van der Waals surface area (Å²) in [7, 11) is 0. The first kappa shape index (κ1) is 14.5. The molecule has 0 aromatic carbocycles. The first-order chi connectivity index (χ1) is 9.08. The standard InChI is InChI=1S/C13H16BrNO3S/c14-11-6-5-10(19-11)12(16)15-7-8-3-1-2-4-9(8)13(17)18/h5-6,8-9H,1-4,7H2,(H,15,16)(H,17,18). The minimum absolute atomic E-state index is 0.0543. The summed E-state index contributed by atoms with van der Waals surface area (Å²) in [5, 5.41) is 12.0. The Kier molecular flexibility index (Phi) is 4.99. The van der Waals surface area contributed by atoms with Gasteiger partial charge in [-0.05, 0) is 46.8 Å². The number of carbonyl (C=O) groups is 2. The number of aliphatic carboxylic acids is 1. The predicted octanol–water partition coefficient (Wildman–Crippen LogP) is 3.13. The average molecular weight is 346 g/mol. The Labute approximate surface area is 124 Å². The van der Waals surface area contributed by atoms with E-state index in [0.717, 1.165) is 29.5 Å². The van der Waals surface area contributed by atoms with Crippen LogP contribution in [0.15, 0.2) is 15.9 Å². The first-order valence-corrected chi connectivity index (χ1v) is 7.95. The van der Waals surface area contributed by atoms with Crippen LogP contribution in [0.1, 0.15) is 35.4 Å². The Morgan fingerprint density at radius 1 is 1.37 bits per heavy atom. The number of carbonyl (C=O) groups excluding carboxylic acids is 1. The van der Waals surface area contributed by atoms with E-state index in [0.29, 0.717) is 11.4 Å². The van der Waals surface area contributed by atoms with E-state index in [9.17, 15) is 14.7 Å². The van der Waals surface area contributed by atoms with Crippen molar-refractivity contribution in [1.29, 1.82) is 0 Å². The topological polar surface area (TPSA) is 66.4 Å². The van der Waals surface area contributed by atoms with Gasteiger partial charge in [0, 0.05) is 6.54 Å². The van der Waals surface area contributed by atoms with Crippen LogP contribution in [0.2, 0.25) is 0 Å². The molecule has 1 aliphatic carbocycles. The van der Waals surface area contributed by atoms with E-state index < -0.39 is 5.97 Å². The molecule has 6 heteroatoms. The number of rotatable bonds is 4. The third-order valence-corrected chi connectivity index (χ3v) is 5.17. The molecule has 1 amide bonds. The highest BCUT2D eigenvalue weighted by Gasteiger charge is 2.30. The monoisotopic (exact) mass is 345 g/mol. The minimum atomic E-state index is -0.738. The number of hydrogen-bond donors (Lipinski definition) is 2. The second-order valence-corrected chi connectivity index (χ2v) is 7.27. The average Bonchev–Trinajstić information content (AvgIpc) is 2.83. The van der Waals surface area contributed by atoms with Crippen molar-refractivity contribution >= 4 is 39.1 Å². The quantitative estimate of drug-likeness (QED) is 0.880. The molecule has 2 N–H and O–H groups in total. The normalized spacial score (nSPS) is 23.0. The van der Waals surface area contributed by atoms with Crippen LogP contribution in [0.4, 0.5) is 0 Å². The third-order valence-electron chi connectivity index (χ3n) is 3.55. The van der Waals surface area contributed by atoms with Crippen molar-refractivity contribution in [1.82, 2.24) is 5.32 Å². The fraction of sp³-hybridized carbons (Fsp3) is 0.538. The van der Waals surface area contributed by atoms with Gasteiger partial charge in [0.15, 0.2) is 0 Å². The Balaban J connectivity index is 1.90. The van der Waals surface area contributed by atoms with Gasteiger partial charge in [0.25, 0.3) is 5.91 Å². The van der Waals surface area contributed by atoms with Gasteiger partial charge in [-0.15, -0.1) is 11.3 Å².